The van der Waals surface area contributed by atoms with Crippen LogP contribution in [0.3, 0.4) is 0 Å². The first-order valence-electron chi connectivity index (χ1n) is 36.4. The van der Waals surface area contributed by atoms with Crippen molar-refractivity contribution >= 4 is 5.91 Å². The number of hydrogen-bond donors (Lipinski definition) is 9. The van der Waals surface area contributed by atoms with Crippen molar-refractivity contribution in [3.05, 3.63) is 48.6 Å². The SMILES string of the molecule is CCCCCCC/C=C\C/C=C\C/C=C\CCCCCCCCCCCCC(=O)NC(COC1OC(CO)C(OC2OC(CO)C(O)C(O)C2O)C(O)C1O)C(O)/C=C/CCCCCCCCCCCCCCCCCCCCCCCCCCCC. The summed E-state index contributed by atoms with van der Waals surface area (Å²) < 4.78 is 22.9. The molecular formula is C73H135NO13. The van der Waals surface area contributed by atoms with E-state index in [0.29, 0.717) is 6.42 Å². The number of allylic oxidation sites excluding steroid dienone is 7. The van der Waals surface area contributed by atoms with Gasteiger partial charge < -0.3 is 65.1 Å². The highest BCUT2D eigenvalue weighted by Gasteiger charge is 2.51. The number of carbonyl (C=O) groups is 1. The maximum Gasteiger partial charge on any atom is 0.220 e. The minimum absolute atomic E-state index is 0.240. The number of amides is 1. The van der Waals surface area contributed by atoms with Crippen LogP contribution in [0.1, 0.15) is 316 Å². The van der Waals surface area contributed by atoms with E-state index < -0.39 is 86.8 Å². The molecule has 2 fully saturated rings. The minimum atomic E-state index is -1.79. The fraction of sp³-hybridized carbons (Fsp3) is 0.877. The molecule has 0 aromatic rings. The molecular weight excluding hydrogens is 1100 g/mol. The molecule has 2 saturated heterocycles. The molecule has 2 rings (SSSR count). The van der Waals surface area contributed by atoms with Gasteiger partial charge in [0.25, 0.3) is 0 Å². The Bertz CT molecular complexity index is 1640. The molecule has 12 atom stereocenters. The van der Waals surface area contributed by atoms with Crippen molar-refractivity contribution < 1.29 is 64.6 Å². The maximum atomic E-state index is 13.3. The fourth-order valence-corrected chi connectivity index (χ4v) is 11.9. The number of ether oxygens (including phenoxy) is 4. The molecule has 0 saturated carbocycles. The van der Waals surface area contributed by atoms with Crippen molar-refractivity contribution in [1.29, 1.82) is 0 Å². The number of nitrogens with one attached hydrogen (secondary N) is 1. The lowest BCUT2D eigenvalue weighted by molar-refractivity contribution is -0.359. The third kappa shape index (κ3) is 41.9. The van der Waals surface area contributed by atoms with E-state index in [1.54, 1.807) is 6.08 Å². The number of hydrogen-bond acceptors (Lipinski definition) is 13. The molecule has 9 N–H and O–H groups in total. The lowest BCUT2D eigenvalue weighted by Gasteiger charge is -2.46. The Labute approximate surface area is 531 Å². The van der Waals surface area contributed by atoms with Crippen LogP contribution >= 0.6 is 0 Å². The van der Waals surface area contributed by atoms with Gasteiger partial charge in [-0.15, -0.1) is 0 Å². The molecule has 0 aromatic heterocycles. The third-order valence-corrected chi connectivity index (χ3v) is 17.8. The fourth-order valence-electron chi connectivity index (χ4n) is 11.9. The maximum absolute atomic E-state index is 13.3. The van der Waals surface area contributed by atoms with E-state index in [1.807, 2.05) is 6.08 Å². The van der Waals surface area contributed by atoms with Crippen LogP contribution in [0, 0.1) is 0 Å². The van der Waals surface area contributed by atoms with Crippen LogP contribution in [0.2, 0.25) is 0 Å². The number of aliphatic hydroxyl groups is 8. The highest BCUT2D eigenvalue weighted by atomic mass is 16.7. The van der Waals surface area contributed by atoms with Crippen LogP contribution in [0.4, 0.5) is 0 Å². The molecule has 0 aliphatic carbocycles. The van der Waals surface area contributed by atoms with Crippen molar-refractivity contribution in [3.8, 4) is 0 Å². The Kier molecular flexibility index (Phi) is 53.9. The van der Waals surface area contributed by atoms with Gasteiger partial charge in [0.15, 0.2) is 12.6 Å². The van der Waals surface area contributed by atoms with Crippen molar-refractivity contribution in [1.82, 2.24) is 5.32 Å². The van der Waals surface area contributed by atoms with Gasteiger partial charge in [0.1, 0.15) is 48.8 Å². The first-order chi connectivity index (χ1) is 42.6. The van der Waals surface area contributed by atoms with Crippen LogP contribution in [0.25, 0.3) is 0 Å². The topological polar surface area (TPSA) is 228 Å². The Morgan fingerprint density at radius 2 is 0.759 bits per heavy atom. The van der Waals surface area contributed by atoms with Crippen LogP contribution < -0.4 is 5.32 Å². The molecule has 14 heteroatoms. The van der Waals surface area contributed by atoms with Gasteiger partial charge in [-0.2, -0.15) is 0 Å². The van der Waals surface area contributed by atoms with Gasteiger partial charge in [-0.1, -0.05) is 300 Å². The van der Waals surface area contributed by atoms with E-state index >= 15 is 0 Å². The van der Waals surface area contributed by atoms with Crippen molar-refractivity contribution in [3.63, 3.8) is 0 Å². The molecule has 0 bridgehead atoms. The molecule has 0 radical (unpaired) electrons. The zero-order chi connectivity index (χ0) is 63.1. The quantitative estimate of drug-likeness (QED) is 0.0204. The van der Waals surface area contributed by atoms with Gasteiger partial charge in [0, 0.05) is 6.42 Å². The number of rotatable bonds is 60. The zero-order valence-corrected chi connectivity index (χ0v) is 55.5. The summed E-state index contributed by atoms with van der Waals surface area (Å²) >= 11 is 0. The van der Waals surface area contributed by atoms with Crippen LogP contribution in [-0.2, 0) is 23.7 Å². The van der Waals surface area contributed by atoms with Crippen molar-refractivity contribution in [2.45, 2.75) is 389 Å². The lowest BCUT2D eigenvalue weighted by Crippen LogP contribution is -2.65. The van der Waals surface area contributed by atoms with E-state index in [9.17, 15) is 45.6 Å². The van der Waals surface area contributed by atoms with Gasteiger partial charge in [-0.25, -0.2) is 0 Å². The van der Waals surface area contributed by atoms with E-state index in [1.165, 1.54) is 231 Å². The molecule has 0 aromatic carbocycles. The summed E-state index contributed by atoms with van der Waals surface area (Å²) in [5, 5.41) is 87.5. The summed E-state index contributed by atoms with van der Waals surface area (Å²) in [5.41, 5.74) is 0. The predicted molar refractivity (Wildman–Crippen MR) is 355 cm³/mol. The first-order valence-corrected chi connectivity index (χ1v) is 36.4. The largest absolute Gasteiger partial charge is 0.394 e. The highest BCUT2D eigenvalue weighted by molar-refractivity contribution is 5.76. The smallest absolute Gasteiger partial charge is 0.220 e. The average Bonchev–Trinajstić information content (AvgIpc) is 2.50. The second-order valence-electron chi connectivity index (χ2n) is 25.7. The summed E-state index contributed by atoms with van der Waals surface area (Å²) in [5.74, 6) is -0.240. The van der Waals surface area contributed by atoms with Crippen LogP contribution in [0.15, 0.2) is 48.6 Å². The zero-order valence-electron chi connectivity index (χ0n) is 55.5. The molecule has 0 spiro atoms. The summed E-state index contributed by atoms with van der Waals surface area (Å²) in [4.78, 5) is 13.3. The molecule has 1 amide bonds. The van der Waals surface area contributed by atoms with Gasteiger partial charge in [-0.3, -0.25) is 4.79 Å². The van der Waals surface area contributed by atoms with E-state index in [2.05, 4.69) is 55.6 Å². The lowest BCUT2D eigenvalue weighted by atomic mass is 9.97. The number of aliphatic hydroxyl groups excluding tert-OH is 8. The molecule has 2 aliphatic heterocycles. The van der Waals surface area contributed by atoms with Crippen molar-refractivity contribution in [2.24, 2.45) is 0 Å². The van der Waals surface area contributed by atoms with Crippen LogP contribution in [0.5, 0.6) is 0 Å². The highest BCUT2D eigenvalue weighted by Crippen LogP contribution is 2.30. The Morgan fingerprint density at radius 1 is 0.414 bits per heavy atom. The number of carbonyl (C=O) groups excluding carboxylic acids is 1. The molecule has 87 heavy (non-hydrogen) atoms. The normalized spacial score (nSPS) is 23.5. The first kappa shape index (κ1) is 81.0. The molecule has 510 valence electrons. The standard InChI is InChI=1S/C73H135NO13/c1-3-5-7-9-11-13-15-17-19-21-23-25-27-29-30-31-33-34-36-38-40-42-44-46-48-50-52-54-56-62(77)61(60-84-72-70(83)68(81)71(64(59-76)86-72)87-73-69(82)67(80)66(79)63(58-75)85-73)74-65(78)57-55-53-51-49-47-45-43-41-39-37-35-32-28-26-24-22-20-18-16-14-12-10-8-6-4-2/h16,18,22,24,28,32,54,56,61-64,66-73,75-77,79-83H,3-15,17,19-21,23,25-27,29-31,33-53,55,57-60H2,1-2H3,(H,74,78)/b18-16-,24-22-,32-28-,56-54+. The second-order valence-corrected chi connectivity index (χ2v) is 25.7. The van der Waals surface area contributed by atoms with Gasteiger partial charge in [0.2, 0.25) is 5.91 Å². The summed E-state index contributed by atoms with van der Waals surface area (Å²) in [6, 6.07) is -0.920. The summed E-state index contributed by atoms with van der Waals surface area (Å²) in [6.07, 6.45) is 58.8. The van der Waals surface area contributed by atoms with Gasteiger partial charge in [0.05, 0.1) is 32.0 Å². The second kappa shape index (κ2) is 57.8. The molecule has 2 heterocycles. The Balaban J connectivity index is 1.68. The number of unbranched alkanes of at least 4 members (excludes halogenated alkanes) is 41. The average molecular weight is 1230 g/mol. The third-order valence-electron chi connectivity index (χ3n) is 17.8. The van der Waals surface area contributed by atoms with Crippen LogP contribution in [-0.4, -0.2) is 140 Å². The van der Waals surface area contributed by atoms with Gasteiger partial charge >= 0.3 is 0 Å². The summed E-state index contributed by atoms with van der Waals surface area (Å²) in [7, 11) is 0. The predicted octanol–water partition coefficient (Wildman–Crippen LogP) is 15.1. The van der Waals surface area contributed by atoms with Gasteiger partial charge in [-0.05, 0) is 57.8 Å². The summed E-state index contributed by atoms with van der Waals surface area (Å²) in [6.45, 7) is 2.83. The Hall–Kier alpha value is -2.05. The van der Waals surface area contributed by atoms with E-state index in [4.69, 9.17) is 18.9 Å². The molecule has 12 unspecified atom stereocenters. The minimum Gasteiger partial charge on any atom is -0.394 e. The van der Waals surface area contributed by atoms with E-state index in [0.717, 1.165) is 57.8 Å². The Morgan fingerprint density at radius 3 is 1.16 bits per heavy atom. The van der Waals surface area contributed by atoms with Crippen molar-refractivity contribution in [2.75, 3.05) is 19.8 Å². The molecule has 14 nitrogen and oxygen atoms in total. The monoisotopic (exact) mass is 1230 g/mol. The molecule has 2 aliphatic rings. The van der Waals surface area contributed by atoms with E-state index in [-0.39, 0.29) is 18.9 Å².